The molecule has 0 spiro atoms. The summed E-state index contributed by atoms with van der Waals surface area (Å²) in [7, 11) is 1.68. The van der Waals surface area contributed by atoms with Crippen LogP contribution in [0.5, 0.6) is 0 Å². The number of hydrogen-bond acceptors (Lipinski definition) is 4. The predicted octanol–water partition coefficient (Wildman–Crippen LogP) is 1.42. The fourth-order valence-electron chi connectivity index (χ4n) is 3.22. The van der Waals surface area contributed by atoms with Gasteiger partial charge < -0.3 is 14.7 Å². The number of pyridine rings is 1. The zero-order valence-corrected chi connectivity index (χ0v) is 12.5. The van der Waals surface area contributed by atoms with Crippen molar-refractivity contribution in [2.45, 2.75) is 50.9 Å². The van der Waals surface area contributed by atoms with E-state index in [2.05, 4.69) is 4.98 Å². The minimum atomic E-state index is -0.743. The van der Waals surface area contributed by atoms with E-state index in [4.69, 9.17) is 4.74 Å². The molecule has 114 valence electrons. The highest BCUT2D eigenvalue weighted by molar-refractivity contribution is 5.77. The van der Waals surface area contributed by atoms with Crippen LogP contribution >= 0.6 is 0 Å². The van der Waals surface area contributed by atoms with E-state index in [1.807, 2.05) is 17.3 Å². The van der Waals surface area contributed by atoms with E-state index in [0.717, 1.165) is 36.8 Å². The molecule has 1 amide bonds. The van der Waals surface area contributed by atoms with Gasteiger partial charge in [-0.3, -0.25) is 9.78 Å². The molecule has 1 aliphatic carbocycles. The molecule has 5 heteroatoms. The first-order chi connectivity index (χ1) is 10.1. The standard InChI is InChI=1S/C16H22N2O3/c1-21-11-13-9-17-8-12-10-18(6-3-14(12)13)15(19)7-16(20)4-2-5-16/h8-9,20H,2-7,10-11H2,1H3. The van der Waals surface area contributed by atoms with Gasteiger partial charge in [-0.25, -0.2) is 0 Å². The summed E-state index contributed by atoms with van der Waals surface area (Å²) in [6, 6.07) is 0. The third-order valence-electron chi connectivity index (χ3n) is 4.65. The van der Waals surface area contributed by atoms with Gasteiger partial charge in [0.2, 0.25) is 5.91 Å². The number of aliphatic hydroxyl groups is 1. The van der Waals surface area contributed by atoms with Gasteiger partial charge in [0.25, 0.3) is 0 Å². The zero-order valence-electron chi connectivity index (χ0n) is 12.5. The highest BCUT2D eigenvalue weighted by atomic mass is 16.5. The van der Waals surface area contributed by atoms with Crippen molar-refractivity contribution in [2.24, 2.45) is 0 Å². The van der Waals surface area contributed by atoms with E-state index < -0.39 is 5.60 Å². The van der Waals surface area contributed by atoms with Crippen LogP contribution in [-0.2, 0) is 29.1 Å². The summed E-state index contributed by atoms with van der Waals surface area (Å²) in [6.07, 6.45) is 7.31. The van der Waals surface area contributed by atoms with Crippen molar-refractivity contribution < 1.29 is 14.6 Å². The first-order valence-electron chi connectivity index (χ1n) is 7.55. The van der Waals surface area contributed by atoms with Gasteiger partial charge >= 0.3 is 0 Å². The minimum absolute atomic E-state index is 0.0556. The molecule has 1 aromatic rings. The van der Waals surface area contributed by atoms with Crippen LogP contribution in [0.15, 0.2) is 12.4 Å². The summed E-state index contributed by atoms with van der Waals surface area (Å²) in [5, 5.41) is 10.1. The van der Waals surface area contributed by atoms with Crippen molar-refractivity contribution in [2.75, 3.05) is 13.7 Å². The van der Waals surface area contributed by atoms with Gasteiger partial charge in [-0.1, -0.05) is 0 Å². The second-order valence-corrected chi connectivity index (χ2v) is 6.19. The molecular formula is C16H22N2O3. The average Bonchev–Trinajstić information content (AvgIpc) is 2.45. The second kappa shape index (κ2) is 5.73. The van der Waals surface area contributed by atoms with Crippen LogP contribution in [0.4, 0.5) is 0 Å². The zero-order chi connectivity index (χ0) is 14.9. The van der Waals surface area contributed by atoms with Gasteiger partial charge in [0.05, 0.1) is 18.6 Å². The van der Waals surface area contributed by atoms with Crippen molar-refractivity contribution in [3.8, 4) is 0 Å². The Hall–Kier alpha value is -1.46. The summed E-state index contributed by atoms with van der Waals surface area (Å²) < 4.78 is 5.20. The van der Waals surface area contributed by atoms with Crippen molar-refractivity contribution >= 4 is 5.91 Å². The number of ether oxygens (including phenoxy) is 1. The Morgan fingerprint density at radius 2 is 2.29 bits per heavy atom. The lowest BCUT2D eigenvalue weighted by atomic mass is 9.77. The summed E-state index contributed by atoms with van der Waals surface area (Å²) in [5.74, 6) is 0.0556. The lowest BCUT2D eigenvalue weighted by molar-refractivity contribution is -0.141. The Kier molecular flexibility index (Phi) is 3.95. The van der Waals surface area contributed by atoms with Crippen LogP contribution in [0.1, 0.15) is 42.4 Å². The van der Waals surface area contributed by atoms with Crippen molar-refractivity contribution in [1.82, 2.24) is 9.88 Å². The number of amides is 1. The lowest BCUT2D eigenvalue weighted by Gasteiger charge is -2.38. The van der Waals surface area contributed by atoms with Gasteiger partial charge in [0.15, 0.2) is 0 Å². The summed E-state index contributed by atoms with van der Waals surface area (Å²) in [5.41, 5.74) is 2.73. The number of carbonyl (C=O) groups is 1. The number of methoxy groups -OCH3 is 1. The SMILES string of the molecule is COCc1cncc2c1CCN(C(=O)CC1(O)CCC1)C2. The molecule has 2 heterocycles. The van der Waals surface area contributed by atoms with Gasteiger partial charge in [0.1, 0.15) is 0 Å². The van der Waals surface area contributed by atoms with Gasteiger partial charge in [-0.05, 0) is 42.4 Å². The molecule has 3 rings (SSSR count). The molecule has 1 aromatic heterocycles. The molecule has 5 nitrogen and oxygen atoms in total. The molecule has 1 aliphatic heterocycles. The van der Waals surface area contributed by atoms with Crippen molar-refractivity contribution in [3.05, 3.63) is 29.1 Å². The molecule has 2 aliphatic rings. The number of carbonyl (C=O) groups excluding carboxylic acids is 1. The fraction of sp³-hybridized carbons (Fsp3) is 0.625. The topological polar surface area (TPSA) is 62.7 Å². The third kappa shape index (κ3) is 2.94. The number of aromatic nitrogens is 1. The third-order valence-corrected chi connectivity index (χ3v) is 4.65. The molecule has 21 heavy (non-hydrogen) atoms. The molecule has 0 atom stereocenters. The monoisotopic (exact) mass is 290 g/mol. The molecular weight excluding hydrogens is 268 g/mol. The Morgan fingerprint density at radius 3 is 2.95 bits per heavy atom. The maximum absolute atomic E-state index is 12.3. The van der Waals surface area contributed by atoms with Crippen LogP contribution < -0.4 is 0 Å². The van der Waals surface area contributed by atoms with Crippen LogP contribution in [0.2, 0.25) is 0 Å². The highest BCUT2D eigenvalue weighted by Crippen LogP contribution is 2.35. The van der Waals surface area contributed by atoms with E-state index in [-0.39, 0.29) is 12.3 Å². The Balaban J connectivity index is 1.69. The Morgan fingerprint density at radius 1 is 1.48 bits per heavy atom. The maximum atomic E-state index is 12.3. The van der Waals surface area contributed by atoms with Crippen LogP contribution in [0.25, 0.3) is 0 Å². The minimum Gasteiger partial charge on any atom is -0.389 e. The molecule has 0 aromatic carbocycles. The molecule has 1 N–H and O–H groups in total. The van der Waals surface area contributed by atoms with E-state index in [0.29, 0.717) is 19.7 Å². The molecule has 0 saturated heterocycles. The van der Waals surface area contributed by atoms with Crippen molar-refractivity contribution in [3.63, 3.8) is 0 Å². The summed E-state index contributed by atoms with van der Waals surface area (Å²) in [6.45, 7) is 1.86. The number of rotatable bonds is 4. The Labute approximate surface area is 124 Å². The number of hydrogen-bond donors (Lipinski definition) is 1. The van der Waals surface area contributed by atoms with Gasteiger partial charge in [-0.15, -0.1) is 0 Å². The van der Waals surface area contributed by atoms with E-state index >= 15 is 0 Å². The van der Waals surface area contributed by atoms with E-state index in [1.54, 1.807) is 7.11 Å². The van der Waals surface area contributed by atoms with Gasteiger partial charge in [0, 0.05) is 32.6 Å². The lowest BCUT2D eigenvalue weighted by Crippen LogP contribution is -2.45. The first kappa shape index (κ1) is 14.5. The summed E-state index contributed by atoms with van der Waals surface area (Å²) in [4.78, 5) is 18.4. The molecule has 0 radical (unpaired) electrons. The van der Waals surface area contributed by atoms with Crippen LogP contribution in [-0.4, -0.2) is 40.2 Å². The van der Waals surface area contributed by atoms with E-state index in [9.17, 15) is 9.90 Å². The molecule has 1 fully saturated rings. The number of nitrogens with zero attached hydrogens (tertiary/aromatic N) is 2. The van der Waals surface area contributed by atoms with Crippen molar-refractivity contribution in [1.29, 1.82) is 0 Å². The Bertz CT molecular complexity index is 540. The molecule has 0 bridgehead atoms. The second-order valence-electron chi connectivity index (χ2n) is 6.19. The molecule has 0 unspecified atom stereocenters. The smallest absolute Gasteiger partial charge is 0.225 e. The fourth-order valence-corrected chi connectivity index (χ4v) is 3.22. The van der Waals surface area contributed by atoms with Crippen LogP contribution in [0.3, 0.4) is 0 Å². The predicted molar refractivity (Wildman–Crippen MR) is 77.5 cm³/mol. The average molecular weight is 290 g/mol. The quantitative estimate of drug-likeness (QED) is 0.911. The normalized spacial score (nSPS) is 19.8. The first-order valence-corrected chi connectivity index (χ1v) is 7.55. The maximum Gasteiger partial charge on any atom is 0.225 e. The van der Waals surface area contributed by atoms with Gasteiger partial charge in [-0.2, -0.15) is 0 Å². The van der Waals surface area contributed by atoms with E-state index in [1.165, 1.54) is 5.56 Å². The number of fused-ring (bicyclic) bond motifs is 1. The largest absolute Gasteiger partial charge is 0.389 e. The summed E-state index contributed by atoms with van der Waals surface area (Å²) >= 11 is 0. The molecule has 1 saturated carbocycles. The highest BCUT2D eigenvalue weighted by Gasteiger charge is 2.38. The van der Waals surface area contributed by atoms with Crippen LogP contribution in [0, 0.1) is 0 Å².